The van der Waals surface area contributed by atoms with E-state index >= 15 is 0 Å². The number of thiophene rings is 1. The molecule has 51 heavy (non-hydrogen) atoms. The Hall–Kier alpha value is -5.96. The van der Waals surface area contributed by atoms with Gasteiger partial charge in [-0.3, -0.25) is 0 Å². The van der Waals surface area contributed by atoms with Crippen molar-refractivity contribution in [1.29, 1.82) is 0 Å². The molecule has 0 fully saturated rings. The minimum absolute atomic E-state index is 0.0901. The molecule has 8 aromatic carbocycles. The summed E-state index contributed by atoms with van der Waals surface area (Å²) in [6.45, 7) is 4.72. The van der Waals surface area contributed by atoms with Crippen LogP contribution in [0, 0.1) is 0 Å². The minimum atomic E-state index is -0.0901. The zero-order valence-electron chi connectivity index (χ0n) is 28.6. The van der Waals surface area contributed by atoms with Crippen molar-refractivity contribution in [3.8, 4) is 33.4 Å². The van der Waals surface area contributed by atoms with Crippen LogP contribution in [0.25, 0.3) is 64.3 Å². The van der Waals surface area contributed by atoms with E-state index in [2.05, 4.69) is 195 Å². The average molecular weight is 670 g/mol. The maximum absolute atomic E-state index is 2.44. The fourth-order valence-electron chi connectivity index (χ4n) is 8.29. The van der Waals surface area contributed by atoms with Gasteiger partial charge < -0.3 is 4.90 Å². The van der Waals surface area contributed by atoms with Gasteiger partial charge in [-0.15, -0.1) is 11.3 Å². The highest BCUT2D eigenvalue weighted by Crippen LogP contribution is 2.51. The highest BCUT2D eigenvalue weighted by atomic mass is 32.1. The first-order valence-corrected chi connectivity index (χ1v) is 18.5. The van der Waals surface area contributed by atoms with E-state index in [4.69, 9.17) is 0 Å². The van der Waals surface area contributed by atoms with Crippen LogP contribution in [0.1, 0.15) is 25.0 Å². The van der Waals surface area contributed by atoms with Crippen LogP contribution in [-0.4, -0.2) is 0 Å². The Labute approximate surface area is 302 Å². The molecule has 242 valence electrons. The fraction of sp³-hybridized carbons (Fsp3) is 0.0612. The summed E-state index contributed by atoms with van der Waals surface area (Å²) in [6.07, 6.45) is 0. The van der Waals surface area contributed by atoms with Gasteiger partial charge in [0, 0.05) is 48.0 Å². The molecular formula is C49H35NS. The number of hydrogen-bond acceptors (Lipinski definition) is 2. The van der Waals surface area contributed by atoms with Crippen LogP contribution < -0.4 is 4.90 Å². The van der Waals surface area contributed by atoms with Crippen molar-refractivity contribution in [3.63, 3.8) is 0 Å². The van der Waals surface area contributed by atoms with E-state index in [0.29, 0.717) is 0 Å². The highest BCUT2D eigenvalue weighted by molar-refractivity contribution is 7.26. The van der Waals surface area contributed by atoms with Gasteiger partial charge in [-0.05, 0) is 98.4 Å². The number of rotatable bonds is 5. The number of hydrogen-bond donors (Lipinski definition) is 0. The SMILES string of the molecule is CC1(C)c2ccccc2-c2ccc(N(c3ccc(-c4ccccc4)cc3)c3ccc4sc5c6ccccc6c(-c6ccccc6)cc5c4c3)cc21. The van der Waals surface area contributed by atoms with Crippen molar-refractivity contribution < 1.29 is 0 Å². The second-order valence-electron chi connectivity index (χ2n) is 14.1. The molecule has 0 saturated carbocycles. The minimum Gasteiger partial charge on any atom is -0.310 e. The van der Waals surface area contributed by atoms with Crippen LogP contribution in [-0.2, 0) is 5.41 Å². The summed E-state index contributed by atoms with van der Waals surface area (Å²) in [5.74, 6) is 0. The number of fused-ring (bicyclic) bond motifs is 8. The maximum Gasteiger partial charge on any atom is 0.0468 e. The van der Waals surface area contributed by atoms with Crippen molar-refractivity contribution in [2.45, 2.75) is 19.3 Å². The van der Waals surface area contributed by atoms with E-state index in [1.165, 1.54) is 75.5 Å². The third kappa shape index (κ3) is 4.75. The van der Waals surface area contributed by atoms with Crippen LogP contribution in [0.5, 0.6) is 0 Å². The average Bonchev–Trinajstić information content (AvgIpc) is 3.67. The van der Waals surface area contributed by atoms with Crippen LogP contribution in [0.2, 0.25) is 0 Å². The molecule has 1 aromatic heterocycles. The Morgan fingerprint density at radius 2 is 0.980 bits per heavy atom. The number of benzene rings is 8. The first kappa shape index (κ1) is 29.9. The molecule has 0 aliphatic heterocycles. The lowest BCUT2D eigenvalue weighted by Crippen LogP contribution is -2.16. The van der Waals surface area contributed by atoms with E-state index in [1.54, 1.807) is 0 Å². The molecule has 10 rings (SSSR count). The summed E-state index contributed by atoms with van der Waals surface area (Å²) in [5.41, 5.74) is 13.7. The molecule has 1 aliphatic carbocycles. The Balaban J connectivity index is 1.18. The van der Waals surface area contributed by atoms with Gasteiger partial charge in [0.25, 0.3) is 0 Å². The van der Waals surface area contributed by atoms with Gasteiger partial charge in [0.1, 0.15) is 0 Å². The van der Waals surface area contributed by atoms with Gasteiger partial charge in [-0.2, -0.15) is 0 Å². The lowest BCUT2D eigenvalue weighted by molar-refractivity contribution is 0.660. The Morgan fingerprint density at radius 1 is 0.392 bits per heavy atom. The predicted octanol–water partition coefficient (Wildman–Crippen LogP) is 14.3. The van der Waals surface area contributed by atoms with Crippen molar-refractivity contribution in [2.24, 2.45) is 0 Å². The van der Waals surface area contributed by atoms with Gasteiger partial charge in [0.2, 0.25) is 0 Å². The van der Waals surface area contributed by atoms with E-state index in [0.717, 1.165) is 17.1 Å². The fourth-order valence-corrected chi connectivity index (χ4v) is 9.50. The molecular weight excluding hydrogens is 635 g/mol. The molecule has 0 bridgehead atoms. The predicted molar refractivity (Wildman–Crippen MR) is 220 cm³/mol. The summed E-state index contributed by atoms with van der Waals surface area (Å²) < 4.78 is 2.64. The lowest BCUT2D eigenvalue weighted by atomic mass is 9.82. The molecule has 2 heteroatoms. The molecule has 0 amide bonds. The second-order valence-corrected chi connectivity index (χ2v) is 15.2. The summed E-state index contributed by atoms with van der Waals surface area (Å²) >= 11 is 1.90. The molecule has 0 unspecified atom stereocenters. The normalized spacial score (nSPS) is 13.1. The standard InChI is InChI=1S/C49H35NS/c1-49(2)45-20-12-11-18-39(45)40-27-25-37(30-46(40)49)50(35-23-21-33(22-24-35)32-13-5-3-6-14-32)36-26-28-47-43(29-36)44-31-42(34-15-7-4-8-16-34)38-17-9-10-19-41(38)48(44)51-47/h3-31H,1-2H3. The van der Waals surface area contributed by atoms with Crippen LogP contribution in [0.15, 0.2) is 176 Å². The van der Waals surface area contributed by atoms with Crippen molar-refractivity contribution in [1.82, 2.24) is 0 Å². The number of anilines is 3. The number of nitrogens with zero attached hydrogens (tertiary/aromatic N) is 1. The third-order valence-corrected chi connectivity index (χ3v) is 12.1. The van der Waals surface area contributed by atoms with E-state index < -0.39 is 0 Å². The first-order valence-electron chi connectivity index (χ1n) is 17.7. The molecule has 0 saturated heterocycles. The zero-order valence-corrected chi connectivity index (χ0v) is 29.4. The molecule has 0 spiro atoms. The van der Waals surface area contributed by atoms with Gasteiger partial charge in [-0.1, -0.05) is 141 Å². The smallest absolute Gasteiger partial charge is 0.0468 e. The topological polar surface area (TPSA) is 3.24 Å². The first-order chi connectivity index (χ1) is 25.0. The van der Waals surface area contributed by atoms with Gasteiger partial charge >= 0.3 is 0 Å². The summed E-state index contributed by atoms with van der Waals surface area (Å²) in [6, 6.07) is 64.8. The van der Waals surface area contributed by atoms with Crippen LogP contribution >= 0.6 is 11.3 Å². The molecule has 1 nitrogen and oxygen atoms in total. The molecule has 1 heterocycles. The van der Waals surface area contributed by atoms with Gasteiger partial charge in [0.15, 0.2) is 0 Å². The summed E-state index contributed by atoms with van der Waals surface area (Å²) in [7, 11) is 0. The van der Waals surface area contributed by atoms with Gasteiger partial charge in [0.05, 0.1) is 0 Å². The Morgan fingerprint density at radius 3 is 1.76 bits per heavy atom. The van der Waals surface area contributed by atoms with E-state index in [9.17, 15) is 0 Å². The summed E-state index contributed by atoms with van der Waals surface area (Å²) in [4.78, 5) is 2.44. The van der Waals surface area contributed by atoms with E-state index in [-0.39, 0.29) is 5.41 Å². The van der Waals surface area contributed by atoms with Crippen LogP contribution in [0.3, 0.4) is 0 Å². The largest absolute Gasteiger partial charge is 0.310 e. The lowest BCUT2D eigenvalue weighted by Gasteiger charge is -2.28. The highest BCUT2D eigenvalue weighted by Gasteiger charge is 2.35. The molecule has 0 N–H and O–H groups in total. The Bertz CT molecular complexity index is 2760. The monoisotopic (exact) mass is 669 g/mol. The van der Waals surface area contributed by atoms with Gasteiger partial charge in [-0.25, -0.2) is 0 Å². The molecule has 1 aliphatic rings. The quantitative estimate of drug-likeness (QED) is 0.176. The summed E-state index contributed by atoms with van der Waals surface area (Å²) in [5, 5.41) is 5.20. The van der Waals surface area contributed by atoms with Crippen molar-refractivity contribution >= 4 is 59.3 Å². The van der Waals surface area contributed by atoms with E-state index in [1.807, 2.05) is 11.3 Å². The molecule has 0 atom stereocenters. The Kier molecular flexibility index (Phi) is 6.78. The van der Waals surface area contributed by atoms with Crippen LogP contribution in [0.4, 0.5) is 17.1 Å². The molecule has 0 radical (unpaired) electrons. The zero-order chi connectivity index (χ0) is 34.1. The molecule has 9 aromatic rings. The second kappa shape index (κ2) is 11.6. The third-order valence-electron chi connectivity index (χ3n) is 10.9. The van der Waals surface area contributed by atoms with Crippen molar-refractivity contribution in [3.05, 3.63) is 187 Å². The maximum atomic E-state index is 2.44. The van der Waals surface area contributed by atoms with Crippen molar-refractivity contribution in [2.75, 3.05) is 4.90 Å².